The van der Waals surface area contributed by atoms with Crippen molar-refractivity contribution < 1.29 is 28.6 Å². The molecule has 1 unspecified atom stereocenters. The second-order valence-electron chi connectivity index (χ2n) is 15.0. The molecule has 296 valence electrons. The molecule has 0 aromatic heterocycles. The normalized spacial score (nSPS) is 11.8. The van der Waals surface area contributed by atoms with E-state index in [0.717, 1.165) is 57.8 Å². The molecule has 0 spiro atoms. The average Bonchev–Trinajstić information content (AvgIpc) is 3.11. The van der Waals surface area contributed by atoms with Gasteiger partial charge in [-0.3, -0.25) is 14.4 Å². The highest BCUT2D eigenvalue weighted by molar-refractivity contribution is 5.71. The Morgan fingerprint density at radius 1 is 0.320 bits per heavy atom. The van der Waals surface area contributed by atoms with Gasteiger partial charge in [-0.2, -0.15) is 0 Å². The van der Waals surface area contributed by atoms with E-state index in [1.54, 1.807) is 0 Å². The number of carbonyl (C=O) groups is 3. The maximum atomic E-state index is 12.6. The first-order valence-corrected chi connectivity index (χ1v) is 22.0. The fourth-order valence-electron chi connectivity index (χ4n) is 6.50. The van der Waals surface area contributed by atoms with Crippen LogP contribution in [0.15, 0.2) is 0 Å². The standard InChI is InChI=1S/C44H84O6/c1-4-7-10-13-16-19-21-22-23-26-28-31-34-37-43(46)49-40-41(39-48-42(45)36-33-30-27-24-18-15-12-9-6-3)50-44(47)38-35-32-29-25-20-17-14-11-8-5-2/h41H,4-40H2,1-3H3. The summed E-state index contributed by atoms with van der Waals surface area (Å²) in [6.45, 7) is 6.61. The molecule has 0 rings (SSSR count). The lowest BCUT2D eigenvalue weighted by Gasteiger charge is -2.18. The van der Waals surface area contributed by atoms with E-state index >= 15 is 0 Å². The van der Waals surface area contributed by atoms with Gasteiger partial charge in [0.25, 0.3) is 0 Å². The molecule has 0 amide bonds. The first-order valence-electron chi connectivity index (χ1n) is 22.0. The van der Waals surface area contributed by atoms with Crippen LogP contribution >= 0.6 is 0 Å². The third kappa shape index (κ3) is 37.7. The zero-order valence-electron chi connectivity index (χ0n) is 33.7. The highest BCUT2D eigenvalue weighted by Gasteiger charge is 2.19. The van der Waals surface area contributed by atoms with Crippen LogP contribution in [0.2, 0.25) is 0 Å². The van der Waals surface area contributed by atoms with Crippen molar-refractivity contribution in [2.45, 2.75) is 252 Å². The average molecular weight is 709 g/mol. The Hall–Kier alpha value is -1.59. The Balaban J connectivity index is 4.30. The lowest BCUT2D eigenvalue weighted by Crippen LogP contribution is -2.30. The van der Waals surface area contributed by atoms with Gasteiger partial charge in [-0.1, -0.05) is 207 Å². The van der Waals surface area contributed by atoms with E-state index in [0.29, 0.717) is 19.3 Å². The van der Waals surface area contributed by atoms with Gasteiger partial charge in [-0.15, -0.1) is 0 Å². The quantitative estimate of drug-likeness (QED) is 0.0358. The van der Waals surface area contributed by atoms with Gasteiger partial charge >= 0.3 is 17.9 Å². The van der Waals surface area contributed by atoms with Crippen LogP contribution in [0.5, 0.6) is 0 Å². The Labute approximate surface area is 310 Å². The molecule has 0 saturated carbocycles. The van der Waals surface area contributed by atoms with E-state index in [4.69, 9.17) is 14.2 Å². The van der Waals surface area contributed by atoms with Crippen molar-refractivity contribution in [2.24, 2.45) is 0 Å². The van der Waals surface area contributed by atoms with Crippen LogP contribution in [0.25, 0.3) is 0 Å². The van der Waals surface area contributed by atoms with E-state index in [-0.39, 0.29) is 31.1 Å². The molecule has 0 aliphatic rings. The second kappa shape index (κ2) is 40.2. The van der Waals surface area contributed by atoms with Gasteiger partial charge in [-0.25, -0.2) is 0 Å². The molecule has 0 radical (unpaired) electrons. The third-order valence-corrected chi connectivity index (χ3v) is 9.86. The van der Waals surface area contributed by atoms with E-state index in [1.807, 2.05) is 0 Å². The number of hydrogen-bond donors (Lipinski definition) is 0. The maximum absolute atomic E-state index is 12.6. The summed E-state index contributed by atoms with van der Waals surface area (Å²) in [6.07, 6.45) is 39.4. The molecule has 50 heavy (non-hydrogen) atoms. The number of unbranched alkanes of at least 4 members (excludes halogenated alkanes) is 29. The molecule has 0 saturated heterocycles. The highest BCUT2D eigenvalue weighted by atomic mass is 16.6. The number of hydrogen-bond acceptors (Lipinski definition) is 6. The largest absolute Gasteiger partial charge is 0.462 e. The minimum atomic E-state index is -0.756. The summed E-state index contributed by atoms with van der Waals surface area (Å²) in [5, 5.41) is 0. The van der Waals surface area contributed by atoms with Crippen molar-refractivity contribution in [1.82, 2.24) is 0 Å². The van der Waals surface area contributed by atoms with Crippen LogP contribution in [-0.2, 0) is 28.6 Å². The molecular formula is C44H84O6. The minimum absolute atomic E-state index is 0.0631. The molecule has 0 aromatic rings. The van der Waals surface area contributed by atoms with Gasteiger partial charge in [0.2, 0.25) is 0 Å². The summed E-state index contributed by atoms with van der Waals surface area (Å²) in [7, 11) is 0. The molecule has 0 aliphatic heterocycles. The van der Waals surface area contributed by atoms with Gasteiger partial charge in [0, 0.05) is 19.3 Å². The summed E-state index contributed by atoms with van der Waals surface area (Å²) < 4.78 is 16.7. The molecule has 6 heteroatoms. The summed E-state index contributed by atoms with van der Waals surface area (Å²) in [5.74, 6) is -0.857. The lowest BCUT2D eigenvalue weighted by molar-refractivity contribution is -0.167. The Morgan fingerprint density at radius 2 is 0.540 bits per heavy atom. The van der Waals surface area contributed by atoms with Crippen molar-refractivity contribution in [2.75, 3.05) is 13.2 Å². The topological polar surface area (TPSA) is 78.9 Å². The van der Waals surface area contributed by atoms with E-state index in [2.05, 4.69) is 20.8 Å². The van der Waals surface area contributed by atoms with Crippen molar-refractivity contribution >= 4 is 17.9 Å². The van der Waals surface area contributed by atoms with E-state index < -0.39 is 6.10 Å². The smallest absolute Gasteiger partial charge is 0.306 e. The summed E-state index contributed by atoms with van der Waals surface area (Å²) >= 11 is 0. The second-order valence-corrected chi connectivity index (χ2v) is 15.0. The Bertz CT molecular complexity index is 738. The molecule has 0 bridgehead atoms. The monoisotopic (exact) mass is 709 g/mol. The molecular weight excluding hydrogens is 624 g/mol. The summed E-state index contributed by atoms with van der Waals surface area (Å²) in [5.41, 5.74) is 0. The van der Waals surface area contributed by atoms with Crippen molar-refractivity contribution in [1.29, 1.82) is 0 Å². The zero-order valence-corrected chi connectivity index (χ0v) is 33.7. The highest BCUT2D eigenvalue weighted by Crippen LogP contribution is 2.15. The fraction of sp³-hybridized carbons (Fsp3) is 0.932. The zero-order chi connectivity index (χ0) is 36.6. The molecule has 1 atom stereocenters. The van der Waals surface area contributed by atoms with Gasteiger partial charge in [0.15, 0.2) is 6.10 Å². The number of esters is 3. The molecule has 0 N–H and O–H groups in total. The molecule has 0 fully saturated rings. The fourth-order valence-corrected chi connectivity index (χ4v) is 6.50. The van der Waals surface area contributed by atoms with Gasteiger partial charge in [0.05, 0.1) is 0 Å². The van der Waals surface area contributed by atoms with Gasteiger partial charge < -0.3 is 14.2 Å². The first-order chi connectivity index (χ1) is 24.5. The minimum Gasteiger partial charge on any atom is -0.462 e. The summed E-state index contributed by atoms with van der Waals surface area (Å²) in [4.78, 5) is 37.5. The maximum Gasteiger partial charge on any atom is 0.306 e. The third-order valence-electron chi connectivity index (χ3n) is 9.86. The lowest BCUT2D eigenvalue weighted by atomic mass is 10.0. The van der Waals surface area contributed by atoms with E-state index in [9.17, 15) is 14.4 Å². The summed E-state index contributed by atoms with van der Waals surface area (Å²) in [6, 6.07) is 0. The number of carbonyl (C=O) groups excluding carboxylic acids is 3. The molecule has 6 nitrogen and oxygen atoms in total. The van der Waals surface area contributed by atoms with Gasteiger partial charge in [-0.05, 0) is 19.3 Å². The number of ether oxygens (including phenoxy) is 3. The SMILES string of the molecule is CCCCCCCCCCCCCCCC(=O)OCC(COC(=O)CCCCCCCCCCC)OC(=O)CCCCCCCCCCCC. The van der Waals surface area contributed by atoms with Crippen LogP contribution in [0.4, 0.5) is 0 Å². The van der Waals surface area contributed by atoms with Crippen molar-refractivity contribution in [3.05, 3.63) is 0 Å². The number of rotatable bonds is 40. The first kappa shape index (κ1) is 48.4. The van der Waals surface area contributed by atoms with Crippen LogP contribution in [0.3, 0.4) is 0 Å². The van der Waals surface area contributed by atoms with Crippen LogP contribution in [0, 0.1) is 0 Å². The Morgan fingerprint density at radius 3 is 0.800 bits per heavy atom. The predicted molar refractivity (Wildman–Crippen MR) is 210 cm³/mol. The van der Waals surface area contributed by atoms with Crippen molar-refractivity contribution in [3.8, 4) is 0 Å². The van der Waals surface area contributed by atoms with Crippen LogP contribution < -0.4 is 0 Å². The van der Waals surface area contributed by atoms with Crippen LogP contribution in [0.1, 0.15) is 245 Å². The van der Waals surface area contributed by atoms with Gasteiger partial charge in [0.1, 0.15) is 13.2 Å². The van der Waals surface area contributed by atoms with Crippen LogP contribution in [-0.4, -0.2) is 37.2 Å². The molecule has 0 aliphatic carbocycles. The molecule has 0 aromatic carbocycles. The Kier molecular flexibility index (Phi) is 38.9. The predicted octanol–water partition coefficient (Wildman–Crippen LogP) is 13.7. The van der Waals surface area contributed by atoms with Crippen molar-refractivity contribution in [3.63, 3.8) is 0 Å². The van der Waals surface area contributed by atoms with E-state index in [1.165, 1.54) is 148 Å². The molecule has 0 heterocycles.